The number of benzene rings is 2. The average Bonchev–Trinajstić information content (AvgIpc) is 2.36. The van der Waals surface area contributed by atoms with E-state index in [1.54, 1.807) is 0 Å². The lowest BCUT2D eigenvalue weighted by atomic mass is 10.1. The Morgan fingerprint density at radius 2 is 1.57 bits per heavy atom. The molecule has 1 amide bonds. The van der Waals surface area contributed by atoms with E-state index >= 15 is 0 Å². The number of nitrogen functional groups attached to an aromatic ring is 1. The number of rotatable bonds is 3. The predicted octanol–water partition coefficient (Wildman–Crippen LogP) is 3.53. The Kier molecular flexibility index (Phi) is 4.35. The predicted molar refractivity (Wildman–Crippen MR) is 82.2 cm³/mol. The molecule has 0 spiro atoms. The van der Waals surface area contributed by atoms with Crippen molar-refractivity contribution in [2.24, 2.45) is 0 Å². The Bertz CT molecular complexity index is 712. The maximum atomic E-state index is 12.1. The van der Waals surface area contributed by atoms with E-state index in [1.807, 2.05) is 0 Å². The monoisotopic (exact) mass is 324 g/mol. The number of carboxylic acid groups (broad SMARTS) is 1. The number of amides is 1. The van der Waals surface area contributed by atoms with Crippen LogP contribution in [0.3, 0.4) is 0 Å². The maximum Gasteiger partial charge on any atom is 0.335 e. The highest BCUT2D eigenvalue weighted by molar-refractivity contribution is 6.32. The third-order valence-corrected chi connectivity index (χ3v) is 3.02. The zero-order chi connectivity index (χ0) is 15.6. The normalized spacial score (nSPS) is 10.2. The molecule has 2 aromatic carbocycles. The molecule has 0 bridgehead atoms. The highest BCUT2D eigenvalue weighted by Crippen LogP contribution is 2.21. The minimum Gasteiger partial charge on any atom is -0.478 e. The molecule has 5 nitrogen and oxygen atoms in total. The second-order valence-electron chi connectivity index (χ2n) is 4.26. The van der Waals surface area contributed by atoms with Gasteiger partial charge in [-0.25, -0.2) is 4.79 Å². The number of nitrogens with two attached hydrogens (primary N) is 1. The molecule has 0 aliphatic heterocycles. The summed E-state index contributed by atoms with van der Waals surface area (Å²) in [5.74, 6) is -1.61. The Labute approximate surface area is 130 Å². The zero-order valence-electron chi connectivity index (χ0n) is 10.6. The Morgan fingerprint density at radius 3 is 2.19 bits per heavy atom. The molecular weight excluding hydrogens is 315 g/mol. The second-order valence-corrected chi connectivity index (χ2v) is 5.13. The molecule has 7 heteroatoms. The van der Waals surface area contributed by atoms with Gasteiger partial charge in [-0.3, -0.25) is 4.79 Å². The fraction of sp³-hybridized carbons (Fsp3) is 0. The van der Waals surface area contributed by atoms with Gasteiger partial charge in [0.05, 0.1) is 5.56 Å². The smallest absolute Gasteiger partial charge is 0.335 e. The lowest BCUT2D eigenvalue weighted by Gasteiger charge is -2.08. The van der Waals surface area contributed by atoms with Crippen LogP contribution in [0.4, 0.5) is 11.4 Å². The van der Waals surface area contributed by atoms with Gasteiger partial charge in [0.2, 0.25) is 0 Å². The Hall–Kier alpha value is -2.24. The topological polar surface area (TPSA) is 92.4 Å². The number of carbonyl (C=O) groups excluding carboxylic acids is 1. The van der Waals surface area contributed by atoms with Gasteiger partial charge in [0.25, 0.3) is 5.91 Å². The van der Waals surface area contributed by atoms with Crippen LogP contribution in [0, 0.1) is 0 Å². The molecule has 0 aliphatic rings. The largest absolute Gasteiger partial charge is 0.478 e. The van der Waals surface area contributed by atoms with E-state index in [2.05, 4.69) is 5.32 Å². The summed E-state index contributed by atoms with van der Waals surface area (Å²) in [6.45, 7) is 0. The van der Waals surface area contributed by atoms with Gasteiger partial charge in [-0.05, 0) is 36.4 Å². The van der Waals surface area contributed by atoms with E-state index < -0.39 is 11.9 Å². The number of hydrogen-bond donors (Lipinski definition) is 3. The van der Waals surface area contributed by atoms with E-state index in [4.69, 9.17) is 34.0 Å². The van der Waals surface area contributed by atoms with Crippen LogP contribution in [0.5, 0.6) is 0 Å². The van der Waals surface area contributed by atoms with Crippen molar-refractivity contribution in [3.63, 3.8) is 0 Å². The molecule has 0 heterocycles. The first-order valence-electron chi connectivity index (χ1n) is 5.76. The number of hydrogen-bond acceptors (Lipinski definition) is 3. The summed E-state index contributed by atoms with van der Waals surface area (Å²) in [6.07, 6.45) is 0. The van der Waals surface area contributed by atoms with Gasteiger partial charge in [-0.15, -0.1) is 0 Å². The summed E-state index contributed by atoms with van der Waals surface area (Å²) in [5, 5.41) is 12.0. The molecule has 2 rings (SSSR count). The number of anilines is 2. The van der Waals surface area contributed by atoms with Gasteiger partial charge >= 0.3 is 5.97 Å². The van der Waals surface area contributed by atoms with Crippen LogP contribution in [0.25, 0.3) is 0 Å². The van der Waals surface area contributed by atoms with Crippen LogP contribution in [0.1, 0.15) is 20.7 Å². The van der Waals surface area contributed by atoms with Crippen molar-refractivity contribution in [3.8, 4) is 0 Å². The Balaban J connectivity index is 2.29. The molecule has 108 valence electrons. The van der Waals surface area contributed by atoms with E-state index in [0.717, 1.165) is 0 Å². The number of carboxylic acids is 1. The molecule has 4 N–H and O–H groups in total. The molecule has 2 aromatic rings. The molecule has 0 radical (unpaired) electrons. The molecule has 0 atom stereocenters. The summed E-state index contributed by atoms with van der Waals surface area (Å²) < 4.78 is 0. The molecule has 0 aliphatic carbocycles. The van der Waals surface area contributed by atoms with Gasteiger partial charge in [-0.2, -0.15) is 0 Å². The first-order valence-corrected chi connectivity index (χ1v) is 6.52. The van der Waals surface area contributed by atoms with Crippen LogP contribution in [0.2, 0.25) is 10.0 Å². The van der Waals surface area contributed by atoms with Gasteiger partial charge in [0.15, 0.2) is 0 Å². The highest BCUT2D eigenvalue weighted by atomic mass is 35.5. The van der Waals surface area contributed by atoms with Crippen molar-refractivity contribution in [2.75, 3.05) is 11.1 Å². The fourth-order valence-electron chi connectivity index (χ4n) is 1.73. The van der Waals surface area contributed by atoms with Crippen molar-refractivity contribution >= 4 is 46.5 Å². The van der Waals surface area contributed by atoms with Crippen LogP contribution in [-0.4, -0.2) is 17.0 Å². The number of nitrogens with one attached hydrogen (secondary N) is 1. The van der Waals surface area contributed by atoms with Crippen LogP contribution in [0.15, 0.2) is 36.4 Å². The van der Waals surface area contributed by atoms with E-state index in [-0.39, 0.29) is 21.8 Å². The third-order valence-electron chi connectivity index (χ3n) is 2.58. The fourth-order valence-corrected chi connectivity index (χ4v) is 2.21. The van der Waals surface area contributed by atoms with Gasteiger partial charge < -0.3 is 16.2 Å². The van der Waals surface area contributed by atoms with Gasteiger partial charge in [0, 0.05) is 27.0 Å². The number of carbonyl (C=O) groups is 2. The molecule has 0 unspecified atom stereocenters. The van der Waals surface area contributed by atoms with E-state index in [1.165, 1.54) is 36.4 Å². The SMILES string of the molecule is Nc1cc(Cl)cc(C(=O)Nc2cc(Cl)cc(C(=O)O)c2)c1. The molecule has 0 aromatic heterocycles. The third kappa shape index (κ3) is 3.87. The number of aromatic carboxylic acids is 1. The highest BCUT2D eigenvalue weighted by Gasteiger charge is 2.11. The number of halogens is 2. The second kappa shape index (κ2) is 6.03. The van der Waals surface area contributed by atoms with Gasteiger partial charge in [0.1, 0.15) is 0 Å². The van der Waals surface area contributed by atoms with E-state index in [0.29, 0.717) is 10.7 Å². The summed E-state index contributed by atoms with van der Waals surface area (Å²) in [5.41, 5.74) is 6.47. The molecular formula is C14H10Cl2N2O3. The Morgan fingerprint density at radius 1 is 0.952 bits per heavy atom. The standard InChI is InChI=1S/C14H10Cl2N2O3/c15-9-1-7(3-11(17)5-9)13(19)18-12-4-8(14(20)21)2-10(16)6-12/h1-6H,17H2,(H,18,19)(H,20,21). The molecule has 0 fully saturated rings. The van der Waals surface area contributed by atoms with Crippen molar-refractivity contribution in [1.29, 1.82) is 0 Å². The summed E-state index contributed by atoms with van der Waals surface area (Å²) >= 11 is 11.6. The van der Waals surface area contributed by atoms with Crippen LogP contribution in [-0.2, 0) is 0 Å². The van der Waals surface area contributed by atoms with Gasteiger partial charge in [-0.1, -0.05) is 23.2 Å². The van der Waals surface area contributed by atoms with Crippen molar-refractivity contribution in [2.45, 2.75) is 0 Å². The first kappa shape index (κ1) is 15.2. The zero-order valence-corrected chi connectivity index (χ0v) is 12.1. The quantitative estimate of drug-likeness (QED) is 0.753. The summed E-state index contributed by atoms with van der Waals surface area (Å²) in [6, 6.07) is 8.47. The summed E-state index contributed by atoms with van der Waals surface area (Å²) in [7, 11) is 0. The first-order chi connectivity index (χ1) is 9.85. The minimum atomic E-state index is -1.14. The minimum absolute atomic E-state index is 0.0246. The maximum absolute atomic E-state index is 12.1. The molecule has 0 saturated carbocycles. The summed E-state index contributed by atoms with van der Waals surface area (Å²) in [4.78, 5) is 23.0. The molecule has 21 heavy (non-hydrogen) atoms. The van der Waals surface area contributed by atoms with Crippen molar-refractivity contribution in [1.82, 2.24) is 0 Å². The lowest BCUT2D eigenvalue weighted by molar-refractivity contribution is 0.0696. The van der Waals surface area contributed by atoms with Crippen LogP contribution < -0.4 is 11.1 Å². The van der Waals surface area contributed by atoms with Crippen molar-refractivity contribution < 1.29 is 14.7 Å². The van der Waals surface area contributed by atoms with Crippen LogP contribution >= 0.6 is 23.2 Å². The van der Waals surface area contributed by atoms with E-state index in [9.17, 15) is 9.59 Å². The molecule has 0 saturated heterocycles. The lowest BCUT2D eigenvalue weighted by Crippen LogP contribution is -2.13. The average molecular weight is 325 g/mol. The van der Waals surface area contributed by atoms with Crippen molar-refractivity contribution in [3.05, 3.63) is 57.6 Å².